The van der Waals surface area contributed by atoms with Crippen LogP contribution in [0, 0.1) is 5.92 Å². The highest BCUT2D eigenvalue weighted by Gasteiger charge is 2.32. The fourth-order valence-electron chi connectivity index (χ4n) is 2.91. The van der Waals surface area contributed by atoms with Crippen LogP contribution in [0.1, 0.15) is 25.0 Å². The molecule has 0 aliphatic carbocycles. The van der Waals surface area contributed by atoms with Crippen molar-refractivity contribution in [2.45, 2.75) is 26.4 Å². The number of alkyl halides is 3. The van der Waals surface area contributed by atoms with Crippen molar-refractivity contribution in [1.82, 2.24) is 0 Å². The summed E-state index contributed by atoms with van der Waals surface area (Å²) in [5.41, 5.74) is 2.09. The first-order chi connectivity index (χ1) is 11.8. The molecule has 2 aromatic rings. The van der Waals surface area contributed by atoms with Crippen LogP contribution in [0.25, 0.3) is 0 Å². The molecule has 3 rings (SSSR count). The molecule has 1 aliphatic rings. The molecule has 3 nitrogen and oxygen atoms in total. The molecule has 132 valence electrons. The van der Waals surface area contributed by atoms with E-state index < -0.39 is 11.7 Å². The number of nitrogens with one attached hydrogen (secondary N) is 1. The lowest BCUT2D eigenvalue weighted by atomic mass is 10.1. The predicted octanol–water partition coefficient (Wildman–Crippen LogP) is 4.99. The SMILES string of the molecule is CC(C)C(=O)Nc1cc(C(F)(F)F)ccc1N1CCc2ccccc21. The maximum Gasteiger partial charge on any atom is 0.416 e. The minimum atomic E-state index is -4.46. The van der Waals surface area contributed by atoms with E-state index in [1.54, 1.807) is 13.8 Å². The summed E-state index contributed by atoms with van der Waals surface area (Å²) in [4.78, 5) is 14.0. The number of carbonyl (C=O) groups excluding carboxylic acids is 1. The number of carbonyl (C=O) groups is 1. The molecular formula is C19H19F3N2O. The van der Waals surface area contributed by atoms with E-state index in [-0.39, 0.29) is 17.5 Å². The smallest absolute Gasteiger partial charge is 0.339 e. The summed E-state index contributed by atoms with van der Waals surface area (Å²) in [6.45, 7) is 4.07. The van der Waals surface area contributed by atoms with Gasteiger partial charge in [-0.25, -0.2) is 0 Å². The number of nitrogens with zero attached hydrogens (tertiary/aromatic N) is 1. The summed E-state index contributed by atoms with van der Waals surface area (Å²) >= 11 is 0. The van der Waals surface area contributed by atoms with Crippen molar-refractivity contribution in [2.75, 3.05) is 16.8 Å². The Labute approximate surface area is 144 Å². The number of amides is 1. The first-order valence-electron chi connectivity index (χ1n) is 8.15. The Morgan fingerprint density at radius 2 is 1.84 bits per heavy atom. The van der Waals surface area contributed by atoms with Gasteiger partial charge >= 0.3 is 6.18 Å². The minimum absolute atomic E-state index is 0.185. The second kappa shape index (κ2) is 6.43. The van der Waals surface area contributed by atoms with Gasteiger partial charge in [-0.2, -0.15) is 13.2 Å². The minimum Gasteiger partial charge on any atom is -0.339 e. The van der Waals surface area contributed by atoms with Crippen molar-refractivity contribution in [3.63, 3.8) is 0 Å². The Kier molecular flexibility index (Phi) is 4.45. The third-order valence-electron chi connectivity index (χ3n) is 4.28. The molecule has 1 heterocycles. The highest BCUT2D eigenvalue weighted by Crippen LogP contribution is 2.41. The maximum absolute atomic E-state index is 13.1. The van der Waals surface area contributed by atoms with Gasteiger partial charge in [0.2, 0.25) is 5.91 Å². The fourth-order valence-corrected chi connectivity index (χ4v) is 2.91. The van der Waals surface area contributed by atoms with Crippen LogP contribution in [-0.4, -0.2) is 12.5 Å². The van der Waals surface area contributed by atoms with Crippen molar-refractivity contribution >= 4 is 23.0 Å². The lowest BCUT2D eigenvalue weighted by molar-refractivity contribution is -0.137. The lowest BCUT2D eigenvalue weighted by Crippen LogP contribution is -2.22. The van der Waals surface area contributed by atoms with Gasteiger partial charge in [-0.1, -0.05) is 32.0 Å². The zero-order valence-electron chi connectivity index (χ0n) is 14.0. The number of halogens is 3. The van der Waals surface area contributed by atoms with Crippen molar-refractivity contribution in [1.29, 1.82) is 0 Å². The second-order valence-electron chi connectivity index (χ2n) is 6.40. The third kappa shape index (κ3) is 3.48. The summed E-state index contributed by atoms with van der Waals surface area (Å²) in [5, 5.41) is 2.65. The van der Waals surface area contributed by atoms with Gasteiger partial charge < -0.3 is 10.2 Å². The highest BCUT2D eigenvalue weighted by molar-refractivity contribution is 5.96. The number of hydrogen-bond donors (Lipinski definition) is 1. The van der Waals surface area contributed by atoms with Crippen LogP contribution in [0.3, 0.4) is 0 Å². The van der Waals surface area contributed by atoms with Crippen molar-refractivity contribution in [3.8, 4) is 0 Å². The van der Waals surface area contributed by atoms with Crippen LogP contribution >= 0.6 is 0 Å². The molecule has 0 unspecified atom stereocenters. The van der Waals surface area contributed by atoms with Crippen LogP contribution < -0.4 is 10.2 Å². The van der Waals surface area contributed by atoms with Crippen LogP contribution in [0.2, 0.25) is 0 Å². The quantitative estimate of drug-likeness (QED) is 0.847. The summed E-state index contributed by atoms with van der Waals surface area (Å²) in [6.07, 6.45) is -3.65. The molecule has 0 aromatic heterocycles. The fraction of sp³-hybridized carbons (Fsp3) is 0.316. The molecule has 6 heteroatoms. The number of anilines is 3. The van der Waals surface area contributed by atoms with Crippen LogP contribution in [0.5, 0.6) is 0 Å². The molecule has 0 spiro atoms. The van der Waals surface area contributed by atoms with Gasteiger partial charge in [0.1, 0.15) is 0 Å². The molecule has 0 atom stereocenters. The van der Waals surface area contributed by atoms with E-state index in [1.807, 2.05) is 29.2 Å². The number of para-hydroxylation sites is 1. The van der Waals surface area contributed by atoms with E-state index >= 15 is 0 Å². The molecule has 0 fully saturated rings. The van der Waals surface area contributed by atoms with Gasteiger partial charge in [-0.05, 0) is 36.2 Å². The Morgan fingerprint density at radius 3 is 2.52 bits per heavy atom. The van der Waals surface area contributed by atoms with E-state index in [4.69, 9.17) is 0 Å². The third-order valence-corrected chi connectivity index (χ3v) is 4.28. The zero-order chi connectivity index (χ0) is 18.2. The average molecular weight is 348 g/mol. The first-order valence-corrected chi connectivity index (χ1v) is 8.15. The molecule has 0 radical (unpaired) electrons. The second-order valence-corrected chi connectivity index (χ2v) is 6.40. The van der Waals surface area contributed by atoms with Crippen LogP contribution in [0.15, 0.2) is 42.5 Å². The van der Waals surface area contributed by atoms with E-state index in [2.05, 4.69) is 5.32 Å². The van der Waals surface area contributed by atoms with Gasteiger partial charge in [-0.15, -0.1) is 0 Å². The molecule has 0 saturated carbocycles. The molecule has 1 aliphatic heterocycles. The molecule has 2 aromatic carbocycles. The van der Waals surface area contributed by atoms with Gasteiger partial charge in [-0.3, -0.25) is 4.79 Å². The first kappa shape index (κ1) is 17.3. The highest BCUT2D eigenvalue weighted by atomic mass is 19.4. The van der Waals surface area contributed by atoms with E-state index in [1.165, 1.54) is 6.07 Å². The normalized spacial score (nSPS) is 13.9. The summed E-state index contributed by atoms with van der Waals surface area (Å²) in [7, 11) is 0. The molecule has 1 N–H and O–H groups in total. The van der Waals surface area contributed by atoms with Crippen LogP contribution in [0.4, 0.5) is 30.2 Å². The number of fused-ring (bicyclic) bond motifs is 1. The van der Waals surface area contributed by atoms with Gasteiger partial charge in [0, 0.05) is 18.2 Å². The molecule has 0 bridgehead atoms. The summed E-state index contributed by atoms with van der Waals surface area (Å²) in [6, 6.07) is 11.3. The van der Waals surface area contributed by atoms with Gasteiger partial charge in [0.25, 0.3) is 0 Å². The molecule has 1 amide bonds. The van der Waals surface area contributed by atoms with Crippen LogP contribution in [-0.2, 0) is 17.4 Å². The number of rotatable bonds is 3. The number of benzene rings is 2. The van der Waals surface area contributed by atoms with Crippen molar-refractivity contribution < 1.29 is 18.0 Å². The largest absolute Gasteiger partial charge is 0.416 e. The topological polar surface area (TPSA) is 32.3 Å². The monoisotopic (exact) mass is 348 g/mol. The Bertz CT molecular complexity index is 799. The zero-order valence-corrected chi connectivity index (χ0v) is 14.0. The Morgan fingerprint density at radius 1 is 1.12 bits per heavy atom. The molecular weight excluding hydrogens is 329 g/mol. The van der Waals surface area contributed by atoms with Crippen molar-refractivity contribution in [2.24, 2.45) is 5.92 Å². The standard InChI is InChI=1S/C19H19F3N2O/c1-12(2)18(25)23-15-11-14(19(20,21)22)7-8-17(15)24-10-9-13-5-3-4-6-16(13)24/h3-8,11-12H,9-10H2,1-2H3,(H,23,25). The molecule has 25 heavy (non-hydrogen) atoms. The van der Waals surface area contributed by atoms with E-state index in [9.17, 15) is 18.0 Å². The summed E-state index contributed by atoms with van der Waals surface area (Å²) < 4.78 is 39.3. The van der Waals surface area contributed by atoms with Crippen molar-refractivity contribution in [3.05, 3.63) is 53.6 Å². The summed E-state index contributed by atoms with van der Waals surface area (Å²) in [5.74, 6) is -0.638. The van der Waals surface area contributed by atoms with E-state index in [0.717, 1.165) is 29.8 Å². The average Bonchev–Trinajstić information content (AvgIpc) is 2.97. The Balaban J connectivity index is 2.05. The molecule has 0 saturated heterocycles. The predicted molar refractivity (Wildman–Crippen MR) is 92.1 cm³/mol. The number of hydrogen-bond acceptors (Lipinski definition) is 2. The van der Waals surface area contributed by atoms with Gasteiger partial charge in [0.05, 0.1) is 16.9 Å². The maximum atomic E-state index is 13.1. The lowest BCUT2D eigenvalue weighted by Gasteiger charge is -2.24. The van der Waals surface area contributed by atoms with Gasteiger partial charge in [0.15, 0.2) is 0 Å². The van der Waals surface area contributed by atoms with E-state index in [0.29, 0.717) is 12.2 Å². The Hall–Kier alpha value is -2.50.